The molecule has 1 aromatic carbocycles. The van der Waals surface area contributed by atoms with Crippen molar-refractivity contribution < 1.29 is 9.53 Å². The summed E-state index contributed by atoms with van der Waals surface area (Å²) in [7, 11) is 0. The van der Waals surface area contributed by atoms with Crippen molar-refractivity contribution in [2.75, 3.05) is 13.2 Å². The van der Waals surface area contributed by atoms with Crippen molar-refractivity contribution in [3.8, 4) is 10.6 Å². The second kappa shape index (κ2) is 8.33. The predicted octanol–water partition coefficient (Wildman–Crippen LogP) is 5.00. The Balaban J connectivity index is 1.54. The van der Waals surface area contributed by atoms with Crippen molar-refractivity contribution in [3.05, 3.63) is 63.3 Å². The Bertz CT molecular complexity index is 881. The van der Waals surface area contributed by atoms with Crippen LogP contribution in [0.2, 0.25) is 0 Å². The fraction of sp³-hybridized carbons (Fsp3) is 0.333. The van der Waals surface area contributed by atoms with Gasteiger partial charge in [0.25, 0.3) is 5.91 Å². The molecule has 6 heteroatoms. The van der Waals surface area contributed by atoms with Gasteiger partial charge in [-0.15, -0.1) is 22.7 Å². The average Bonchev–Trinajstić information content (AvgIpc) is 3.44. The highest BCUT2D eigenvalue weighted by atomic mass is 32.1. The molecule has 1 aliphatic rings. The molecule has 4 nitrogen and oxygen atoms in total. The molecule has 2 aromatic heterocycles. The van der Waals surface area contributed by atoms with E-state index in [1.807, 2.05) is 21.7 Å². The highest BCUT2D eigenvalue weighted by molar-refractivity contribution is 7.13. The van der Waals surface area contributed by atoms with Gasteiger partial charge in [-0.2, -0.15) is 0 Å². The van der Waals surface area contributed by atoms with Crippen LogP contribution in [0.5, 0.6) is 0 Å². The van der Waals surface area contributed by atoms with Crippen LogP contribution in [0.25, 0.3) is 10.6 Å². The number of carbonyl (C=O) groups is 1. The van der Waals surface area contributed by atoms with E-state index in [9.17, 15) is 4.79 Å². The summed E-state index contributed by atoms with van der Waals surface area (Å²) in [6, 6.07) is 12.3. The second-order valence-corrected chi connectivity index (χ2v) is 8.69. The van der Waals surface area contributed by atoms with Crippen molar-refractivity contribution in [1.29, 1.82) is 0 Å². The largest absolute Gasteiger partial charge is 0.376 e. The van der Waals surface area contributed by atoms with Crippen LogP contribution in [0.1, 0.15) is 33.8 Å². The van der Waals surface area contributed by atoms with Gasteiger partial charge >= 0.3 is 0 Å². The summed E-state index contributed by atoms with van der Waals surface area (Å²) in [4.78, 5) is 20.9. The lowest BCUT2D eigenvalue weighted by atomic mass is 10.2. The molecule has 140 valence electrons. The van der Waals surface area contributed by atoms with Gasteiger partial charge in [-0.3, -0.25) is 4.79 Å². The number of hydrogen-bond acceptors (Lipinski definition) is 5. The van der Waals surface area contributed by atoms with Crippen LogP contribution in [0.4, 0.5) is 0 Å². The van der Waals surface area contributed by atoms with E-state index < -0.39 is 0 Å². The monoisotopic (exact) mass is 398 g/mol. The van der Waals surface area contributed by atoms with Crippen molar-refractivity contribution in [2.24, 2.45) is 0 Å². The van der Waals surface area contributed by atoms with E-state index in [1.54, 1.807) is 11.3 Å². The zero-order valence-corrected chi connectivity index (χ0v) is 16.9. The van der Waals surface area contributed by atoms with Gasteiger partial charge < -0.3 is 9.64 Å². The minimum atomic E-state index is -0.0199. The lowest BCUT2D eigenvalue weighted by Crippen LogP contribution is -2.36. The summed E-state index contributed by atoms with van der Waals surface area (Å²) in [5.41, 5.74) is 2.78. The lowest BCUT2D eigenvalue weighted by Gasteiger charge is -2.24. The van der Waals surface area contributed by atoms with Gasteiger partial charge in [0.15, 0.2) is 0 Å². The molecule has 0 spiro atoms. The molecule has 1 fully saturated rings. The van der Waals surface area contributed by atoms with Gasteiger partial charge in [0, 0.05) is 29.0 Å². The number of amides is 1. The topological polar surface area (TPSA) is 42.4 Å². The van der Waals surface area contributed by atoms with E-state index in [2.05, 4.69) is 42.2 Å². The summed E-state index contributed by atoms with van der Waals surface area (Å²) < 4.78 is 5.77. The Labute approximate surface area is 167 Å². The first-order valence-corrected chi connectivity index (χ1v) is 10.9. The van der Waals surface area contributed by atoms with Gasteiger partial charge in [0.05, 0.1) is 12.6 Å². The number of benzene rings is 1. The predicted molar refractivity (Wildman–Crippen MR) is 110 cm³/mol. The Kier molecular flexibility index (Phi) is 5.66. The maximum atomic E-state index is 13.2. The number of aromatic nitrogens is 1. The van der Waals surface area contributed by atoms with Crippen LogP contribution in [-0.2, 0) is 11.3 Å². The van der Waals surface area contributed by atoms with Crippen molar-refractivity contribution in [3.63, 3.8) is 0 Å². The summed E-state index contributed by atoms with van der Waals surface area (Å²) >= 11 is 3.19. The van der Waals surface area contributed by atoms with E-state index >= 15 is 0 Å². The molecule has 1 aliphatic heterocycles. The van der Waals surface area contributed by atoms with E-state index in [4.69, 9.17) is 4.74 Å². The zero-order chi connectivity index (χ0) is 18.6. The van der Waals surface area contributed by atoms with Gasteiger partial charge in [0.1, 0.15) is 10.7 Å². The van der Waals surface area contributed by atoms with Gasteiger partial charge in [-0.25, -0.2) is 4.98 Å². The summed E-state index contributed by atoms with van der Waals surface area (Å²) in [5.74, 6) is -0.0199. The SMILES string of the molecule is Cc1ccc(-c2nc(C(=O)N(Cc3cccs3)CC3CCCO3)cs2)cc1. The second-order valence-electron chi connectivity index (χ2n) is 6.80. The molecular formula is C21H22N2O2S2. The Hall–Kier alpha value is -2.02. The normalized spacial score (nSPS) is 16.6. The van der Waals surface area contributed by atoms with E-state index in [0.29, 0.717) is 18.8 Å². The summed E-state index contributed by atoms with van der Waals surface area (Å²) in [6.45, 7) is 4.08. The minimum Gasteiger partial charge on any atom is -0.376 e. The van der Waals surface area contributed by atoms with Crippen molar-refractivity contribution >= 4 is 28.6 Å². The first kappa shape index (κ1) is 18.3. The molecule has 0 radical (unpaired) electrons. The fourth-order valence-corrected chi connectivity index (χ4v) is 4.73. The molecule has 4 rings (SSSR count). The fourth-order valence-electron chi connectivity index (χ4n) is 3.21. The van der Waals surface area contributed by atoms with Gasteiger partial charge in [0.2, 0.25) is 0 Å². The van der Waals surface area contributed by atoms with Crippen molar-refractivity contribution in [2.45, 2.75) is 32.4 Å². The van der Waals surface area contributed by atoms with Gasteiger partial charge in [-0.05, 0) is 31.2 Å². The van der Waals surface area contributed by atoms with Crippen molar-refractivity contribution in [1.82, 2.24) is 9.88 Å². The van der Waals surface area contributed by atoms with Crippen LogP contribution in [0.15, 0.2) is 47.2 Å². The molecule has 3 heterocycles. The molecule has 0 aliphatic carbocycles. The third kappa shape index (κ3) is 4.46. The molecule has 1 unspecified atom stereocenters. The first-order valence-electron chi connectivity index (χ1n) is 9.15. The molecule has 0 bridgehead atoms. The van der Waals surface area contributed by atoms with Crippen LogP contribution >= 0.6 is 22.7 Å². The summed E-state index contributed by atoms with van der Waals surface area (Å²) in [5, 5.41) is 4.79. The molecule has 0 N–H and O–H groups in total. The molecule has 0 saturated carbocycles. The van der Waals surface area contributed by atoms with E-state index in [-0.39, 0.29) is 12.0 Å². The van der Waals surface area contributed by atoms with Crippen LogP contribution in [0, 0.1) is 6.92 Å². The smallest absolute Gasteiger partial charge is 0.273 e. The minimum absolute atomic E-state index is 0.0199. The maximum absolute atomic E-state index is 13.2. The highest BCUT2D eigenvalue weighted by Gasteiger charge is 2.25. The molecule has 1 amide bonds. The highest BCUT2D eigenvalue weighted by Crippen LogP contribution is 2.26. The van der Waals surface area contributed by atoms with E-state index in [0.717, 1.165) is 30.0 Å². The number of thiazole rings is 1. The maximum Gasteiger partial charge on any atom is 0.273 e. The van der Waals surface area contributed by atoms with Crippen LogP contribution in [0.3, 0.4) is 0 Å². The Morgan fingerprint density at radius 3 is 2.81 bits per heavy atom. The molecule has 1 atom stereocenters. The number of ether oxygens (including phenoxy) is 1. The lowest BCUT2D eigenvalue weighted by molar-refractivity contribution is 0.0506. The number of carbonyl (C=O) groups excluding carboxylic acids is 1. The number of thiophene rings is 1. The summed E-state index contributed by atoms with van der Waals surface area (Å²) in [6.07, 6.45) is 2.21. The van der Waals surface area contributed by atoms with Gasteiger partial charge in [-0.1, -0.05) is 35.9 Å². The Morgan fingerprint density at radius 2 is 2.11 bits per heavy atom. The number of aryl methyl sites for hydroxylation is 1. The molecule has 3 aromatic rings. The molecular weight excluding hydrogens is 376 g/mol. The zero-order valence-electron chi connectivity index (χ0n) is 15.3. The standard InChI is InChI=1S/C21H22N2O2S2/c1-15-6-8-16(9-7-15)20-22-19(14-27-20)21(24)23(12-17-4-2-10-25-17)13-18-5-3-11-26-18/h3,5-9,11,14,17H,2,4,10,12-13H2,1H3. The number of rotatable bonds is 6. The number of hydrogen-bond donors (Lipinski definition) is 0. The van der Waals surface area contributed by atoms with E-state index in [1.165, 1.54) is 21.8 Å². The molecule has 1 saturated heterocycles. The van der Waals surface area contributed by atoms with Crippen LogP contribution in [-0.4, -0.2) is 35.0 Å². The average molecular weight is 399 g/mol. The van der Waals surface area contributed by atoms with Crippen LogP contribution < -0.4 is 0 Å². The first-order chi connectivity index (χ1) is 13.2. The third-order valence-corrected chi connectivity index (χ3v) is 6.44. The number of nitrogens with zero attached hydrogens (tertiary/aromatic N) is 2. The Morgan fingerprint density at radius 1 is 1.26 bits per heavy atom. The molecule has 27 heavy (non-hydrogen) atoms. The quantitative estimate of drug-likeness (QED) is 0.587. The third-order valence-electron chi connectivity index (χ3n) is 4.68.